The summed E-state index contributed by atoms with van der Waals surface area (Å²) in [5.41, 5.74) is 1.12. The molecule has 1 aliphatic rings. The molecule has 0 bridgehead atoms. The van der Waals surface area contributed by atoms with Crippen molar-refractivity contribution in [3.63, 3.8) is 0 Å². The van der Waals surface area contributed by atoms with Gasteiger partial charge >= 0.3 is 0 Å². The van der Waals surface area contributed by atoms with Crippen LogP contribution in [0.4, 0.5) is 5.69 Å². The standard InChI is InChI=1S/C11H12N2O/c1-14-11-5-3-10(4-6-11)13-8-2-7-12-9-13/h2-8H,9H2,1H3. The summed E-state index contributed by atoms with van der Waals surface area (Å²) in [5, 5.41) is 0. The lowest BCUT2D eigenvalue weighted by molar-refractivity contribution is 0.415. The maximum atomic E-state index is 5.09. The Labute approximate surface area is 83.3 Å². The molecule has 0 saturated heterocycles. The van der Waals surface area contributed by atoms with Crippen molar-refractivity contribution in [2.24, 2.45) is 4.99 Å². The highest BCUT2D eigenvalue weighted by atomic mass is 16.5. The van der Waals surface area contributed by atoms with Crippen molar-refractivity contribution in [2.75, 3.05) is 18.7 Å². The predicted octanol–water partition coefficient (Wildman–Crippen LogP) is 2.06. The van der Waals surface area contributed by atoms with E-state index in [4.69, 9.17) is 4.74 Å². The number of benzene rings is 1. The molecular weight excluding hydrogens is 176 g/mol. The summed E-state index contributed by atoms with van der Waals surface area (Å²) < 4.78 is 5.09. The summed E-state index contributed by atoms with van der Waals surface area (Å²) in [6, 6.07) is 7.93. The average molecular weight is 188 g/mol. The van der Waals surface area contributed by atoms with Gasteiger partial charge in [-0.25, -0.2) is 0 Å². The maximum absolute atomic E-state index is 5.09. The smallest absolute Gasteiger partial charge is 0.119 e. The van der Waals surface area contributed by atoms with E-state index in [1.54, 1.807) is 13.3 Å². The minimum atomic E-state index is 0.683. The highest BCUT2D eigenvalue weighted by Gasteiger charge is 2.03. The lowest BCUT2D eigenvalue weighted by Crippen LogP contribution is -2.17. The van der Waals surface area contributed by atoms with Gasteiger partial charge in [0.1, 0.15) is 12.4 Å². The van der Waals surface area contributed by atoms with Crippen molar-refractivity contribution >= 4 is 11.9 Å². The van der Waals surface area contributed by atoms with Gasteiger partial charge in [-0.1, -0.05) is 0 Å². The molecular formula is C11H12N2O. The van der Waals surface area contributed by atoms with E-state index < -0.39 is 0 Å². The maximum Gasteiger partial charge on any atom is 0.119 e. The van der Waals surface area contributed by atoms with Crippen molar-refractivity contribution < 1.29 is 4.74 Å². The fourth-order valence-electron chi connectivity index (χ4n) is 1.33. The highest BCUT2D eigenvalue weighted by Crippen LogP contribution is 2.19. The van der Waals surface area contributed by atoms with E-state index in [1.807, 2.05) is 36.5 Å². The minimum absolute atomic E-state index is 0.683. The van der Waals surface area contributed by atoms with Gasteiger partial charge in [-0.15, -0.1) is 0 Å². The second kappa shape index (κ2) is 3.96. The number of hydrogen-bond acceptors (Lipinski definition) is 3. The first-order valence-electron chi connectivity index (χ1n) is 4.47. The molecule has 0 aliphatic carbocycles. The van der Waals surface area contributed by atoms with Gasteiger partial charge in [0.15, 0.2) is 0 Å². The lowest BCUT2D eigenvalue weighted by atomic mass is 10.3. The van der Waals surface area contributed by atoms with Crippen LogP contribution in [-0.4, -0.2) is 20.0 Å². The molecule has 0 aromatic heterocycles. The number of aliphatic imine (C=N–C) groups is 1. The number of methoxy groups -OCH3 is 1. The minimum Gasteiger partial charge on any atom is -0.497 e. The summed E-state index contributed by atoms with van der Waals surface area (Å²) >= 11 is 0. The fraction of sp³-hybridized carbons (Fsp3) is 0.182. The van der Waals surface area contributed by atoms with Crippen molar-refractivity contribution in [3.8, 4) is 5.75 Å². The summed E-state index contributed by atoms with van der Waals surface area (Å²) in [6.45, 7) is 0.683. The van der Waals surface area contributed by atoms with Crippen LogP contribution in [0.15, 0.2) is 41.5 Å². The predicted molar refractivity (Wildman–Crippen MR) is 58.0 cm³/mol. The second-order valence-electron chi connectivity index (χ2n) is 2.98. The molecule has 0 amide bonds. The van der Waals surface area contributed by atoms with E-state index >= 15 is 0 Å². The third-order valence-corrected chi connectivity index (χ3v) is 2.10. The van der Waals surface area contributed by atoms with Crippen LogP contribution in [0.5, 0.6) is 5.75 Å². The summed E-state index contributed by atoms with van der Waals surface area (Å²) in [6.07, 6.45) is 5.74. The van der Waals surface area contributed by atoms with E-state index in [0.29, 0.717) is 6.67 Å². The van der Waals surface area contributed by atoms with E-state index in [2.05, 4.69) is 9.89 Å². The molecule has 3 heteroatoms. The van der Waals surface area contributed by atoms with Gasteiger partial charge < -0.3 is 9.64 Å². The number of hydrogen-bond donors (Lipinski definition) is 0. The molecule has 1 aromatic carbocycles. The van der Waals surface area contributed by atoms with Crippen LogP contribution < -0.4 is 9.64 Å². The molecule has 0 spiro atoms. The first kappa shape index (κ1) is 8.81. The van der Waals surface area contributed by atoms with E-state index in [0.717, 1.165) is 11.4 Å². The quantitative estimate of drug-likeness (QED) is 0.709. The van der Waals surface area contributed by atoms with Gasteiger partial charge in [0.2, 0.25) is 0 Å². The molecule has 2 rings (SSSR count). The number of allylic oxidation sites excluding steroid dienone is 1. The number of ether oxygens (including phenoxy) is 1. The highest BCUT2D eigenvalue weighted by molar-refractivity contribution is 5.74. The van der Waals surface area contributed by atoms with Crippen molar-refractivity contribution in [1.29, 1.82) is 0 Å². The molecule has 1 aliphatic heterocycles. The zero-order valence-electron chi connectivity index (χ0n) is 8.05. The van der Waals surface area contributed by atoms with Crippen LogP contribution in [0.25, 0.3) is 0 Å². The normalized spacial score (nSPS) is 14.5. The number of nitrogens with zero attached hydrogens (tertiary/aromatic N) is 2. The van der Waals surface area contributed by atoms with E-state index in [9.17, 15) is 0 Å². The monoisotopic (exact) mass is 188 g/mol. The Bertz CT molecular complexity index is 354. The van der Waals surface area contributed by atoms with Crippen LogP contribution in [-0.2, 0) is 0 Å². The molecule has 0 unspecified atom stereocenters. The Morgan fingerprint density at radius 1 is 1.29 bits per heavy atom. The van der Waals surface area contributed by atoms with E-state index in [-0.39, 0.29) is 0 Å². The SMILES string of the molecule is COc1ccc(N2C=CC=NC2)cc1. The summed E-state index contributed by atoms with van der Waals surface area (Å²) in [5.74, 6) is 0.873. The van der Waals surface area contributed by atoms with E-state index in [1.165, 1.54) is 0 Å². The van der Waals surface area contributed by atoms with Crippen LogP contribution >= 0.6 is 0 Å². The van der Waals surface area contributed by atoms with Gasteiger partial charge in [0.25, 0.3) is 0 Å². The van der Waals surface area contributed by atoms with Crippen molar-refractivity contribution in [3.05, 3.63) is 36.5 Å². The molecule has 1 heterocycles. The van der Waals surface area contributed by atoms with Crippen LogP contribution in [0.1, 0.15) is 0 Å². The van der Waals surface area contributed by atoms with Gasteiger partial charge in [-0.05, 0) is 30.3 Å². The third-order valence-electron chi connectivity index (χ3n) is 2.10. The third kappa shape index (κ3) is 1.76. The molecule has 1 aromatic rings. The van der Waals surface area contributed by atoms with Gasteiger partial charge in [0.05, 0.1) is 7.11 Å². The number of rotatable bonds is 2. The molecule has 72 valence electrons. The van der Waals surface area contributed by atoms with Crippen molar-refractivity contribution in [2.45, 2.75) is 0 Å². The van der Waals surface area contributed by atoms with Crippen LogP contribution in [0, 0.1) is 0 Å². The van der Waals surface area contributed by atoms with Gasteiger partial charge in [-0.2, -0.15) is 0 Å². The Hall–Kier alpha value is -1.77. The number of anilines is 1. The topological polar surface area (TPSA) is 24.8 Å². The van der Waals surface area contributed by atoms with Crippen LogP contribution in [0.2, 0.25) is 0 Å². The average Bonchev–Trinajstić information content (AvgIpc) is 2.30. The van der Waals surface area contributed by atoms with Crippen LogP contribution in [0.3, 0.4) is 0 Å². The molecule has 0 fully saturated rings. The first-order valence-corrected chi connectivity index (χ1v) is 4.47. The van der Waals surface area contributed by atoms with Gasteiger partial charge in [0, 0.05) is 18.1 Å². The second-order valence-corrected chi connectivity index (χ2v) is 2.98. The first-order chi connectivity index (χ1) is 6.90. The summed E-state index contributed by atoms with van der Waals surface area (Å²) in [7, 11) is 1.67. The summed E-state index contributed by atoms with van der Waals surface area (Å²) in [4.78, 5) is 6.23. The largest absolute Gasteiger partial charge is 0.497 e. The zero-order chi connectivity index (χ0) is 9.80. The van der Waals surface area contributed by atoms with Crippen molar-refractivity contribution in [1.82, 2.24) is 0 Å². The Kier molecular flexibility index (Phi) is 2.49. The Morgan fingerprint density at radius 3 is 2.64 bits per heavy atom. The molecule has 0 radical (unpaired) electrons. The molecule has 14 heavy (non-hydrogen) atoms. The molecule has 3 nitrogen and oxygen atoms in total. The lowest BCUT2D eigenvalue weighted by Gasteiger charge is -2.19. The molecule has 0 N–H and O–H groups in total. The zero-order valence-corrected chi connectivity index (χ0v) is 8.05. The Morgan fingerprint density at radius 2 is 2.07 bits per heavy atom. The molecule has 0 atom stereocenters. The molecule has 0 saturated carbocycles. The Balaban J connectivity index is 2.16. The van der Waals surface area contributed by atoms with Gasteiger partial charge in [-0.3, -0.25) is 4.99 Å². The fourth-order valence-corrected chi connectivity index (χ4v) is 1.33.